The smallest absolute Gasteiger partial charge is 0.204 e. The third-order valence-electron chi connectivity index (χ3n) is 2.85. The van der Waals surface area contributed by atoms with Crippen LogP contribution in [0.5, 0.6) is 0 Å². The monoisotopic (exact) mass is 294 g/mol. The Morgan fingerprint density at radius 2 is 1.68 bits per heavy atom. The van der Waals surface area contributed by atoms with E-state index < -0.39 is 7.75 Å². The van der Waals surface area contributed by atoms with Crippen LogP contribution in [-0.4, -0.2) is 45.3 Å². The number of nitrogens with zero attached hydrogens (tertiary/aromatic N) is 1. The molecule has 0 rings (SSSR count). The van der Waals surface area contributed by atoms with Gasteiger partial charge in [-0.15, -0.1) is 0 Å². The largest absolute Gasteiger partial charge is 0.766 e. The quantitative estimate of drug-likeness (QED) is 0.340. The van der Waals surface area contributed by atoms with Gasteiger partial charge in [-0.2, -0.15) is 0 Å². The molecule has 0 aromatic heterocycles. The lowest BCUT2D eigenvalue weighted by atomic mass is 10.1. The highest BCUT2D eigenvalue weighted by Crippen LogP contribution is 2.31. The minimum Gasteiger partial charge on any atom is -0.766 e. The number of quaternary nitrogens is 1. The summed E-state index contributed by atoms with van der Waals surface area (Å²) in [6, 6.07) is 0. The van der Waals surface area contributed by atoms with Gasteiger partial charge in [0.1, 0.15) is 0 Å². The zero-order valence-electron chi connectivity index (χ0n) is 13.0. The molecule has 1 unspecified atom stereocenters. The lowest BCUT2D eigenvalue weighted by molar-refractivity contribution is -0.869. The van der Waals surface area contributed by atoms with Gasteiger partial charge in [0.05, 0.1) is 40.8 Å². The minimum atomic E-state index is -3.85. The second-order valence-corrected chi connectivity index (χ2v) is 7.59. The molecule has 0 bridgehead atoms. The van der Waals surface area contributed by atoms with Crippen molar-refractivity contribution in [2.45, 2.75) is 45.4 Å². The Balaban J connectivity index is 3.54. The van der Waals surface area contributed by atoms with Gasteiger partial charge < -0.3 is 13.9 Å². The molecule has 0 aromatic rings. The van der Waals surface area contributed by atoms with E-state index in [1.807, 2.05) is 21.1 Å². The van der Waals surface area contributed by atoms with Crippen molar-refractivity contribution < 1.29 is 18.5 Å². The number of rotatable bonds is 12. The van der Waals surface area contributed by atoms with Gasteiger partial charge in [0, 0.05) is 0 Å². The molecule has 0 saturated heterocycles. The van der Waals surface area contributed by atoms with Crippen LogP contribution < -0.4 is 9.98 Å². The molecule has 0 saturated carbocycles. The van der Waals surface area contributed by atoms with Crippen molar-refractivity contribution in [3.63, 3.8) is 0 Å². The lowest BCUT2D eigenvalue weighted by Crippen LogP contribution is -2.40. The summed E-state index contributed by atoms with van der Waals surface area (Å²) in [5, 5.41) is 2.49. The van der Waals surface area contributed by atoms with Gasteiger partial charge in [0.25, 0.3) is 0 Å². The van der Waals surface area contributed by atoms with E-state index in [-0.39, 0.29) is 0 Å². The third-order valence-corrected chi connectivity index (χ3v) is 3.98. The summed E-state index contributed by atoms with van der Waals surface area (Å²) in [6.45, 7) is 3.64. The third kappa shape index (κ3) is 14.3. The van der Waals surface area contributed by atoms with Gasteiger partial charge in [0.15, 0.2) is 0 Å². The molecule has 0 fully saturated rings. The van der Waals surface area contributed by atoms with E-state index in [2.05, 4.69) is 12.0 Å². The normalized spacial score (nSPS) is 15.4. The molecular weight excluding hydrogens is 263 g/mol. The SMILES string of the molecule is CCCCCCCCOP(=O)([O-])NCC[N+](C)(C)C. The van der Waals surface area contributed by atoms with Crippen molar-refractivity contribution >= 4 is 7.75 Å². The van der Waals surface area contributed by atoms with Crippen LogP contribution in [0.2, 0.25) is 0 Å². The molecule has 0 aliphatic rings. The number of hydrogen-bond acceptors (Lipinski definition) is 3. The fourth-order valence-corrected chi connectivity index (χ4v) is 2.47. The molecule has 5 nitrogen and oxygen atoms in total. The minimum absolute atomic E-state index is 0.296. The first-order valence-corrected chi connectivity index (χ1v) is 8.82. The van der Waals surface area contributed by atoms with E-state index in [9.17, 15) is 9.46 Å². The summed E-state index contributed by atoms with van der Waals surface area (Å²) < 4.78 is 17.2. The molecule has 19 heavy (non-hydrogen) atoms. The molecule has 0 spiro atoms. The van der Waals surface area contributed by atoms with Crippen LogP contribution in [0.1, 0.15) is 45.4 Å². The molecule has 1 N–H and O–H groups in total. The van der Waals surface area contributed by atoms with Crippen molar-refractivity contribution in [1.29, 1.82) is 0 Å². The van der Waals surface area contributed by atoms with Crippen molar-refractivity contribution in [3.05, 3.63) is 0 Å². The topological polar surface area (TPSA) is 61.4 Å². The van der Waals surface area contributed by atoms with Crippen LogP contribution in [-0.2, 0) is 9.09 Å². The number of likely N-dealkylation sites (N-methyl/N-ethyl adjacent to an activating group) is 1. The van der Waals surface area contributed by atoms with Crippen LogP contribution in [0.3, 0.4) is 0 Å². The number of unbranched alkanes of at least 4 members (excludes halogenated alkanes) is 5. The average molecular weight is 294 g/mol. The van der Waals surface area contributed by atoms with E-state index in [0.717, 1.165) is 30.3 Å². The molecule has 6 heteroatoms. The Labute approximate surface area is 118 Å². The number of nitrogens with one attached hydrogen (secondary N) is 1. The molecule has 0 radical (unpaired) electrons. The van der Waals surface area contributed by atoms with Gasteiger partial charge in [-0.1, -0.05) is 39.0 Å². The molecule has 0 amide bonds. The molecule has 0 heterocycles. The van der Waals surface area contributed by atoms with E-state index >= 15 is 0 Å². The van der Waals surface area contributed by atoms with Gasteiger partial charge in [0.2, 0.25) is 7.75 Å². The Bertz CT molecular complexity index is 267. The maximum atomic E-state index is 11.5. The van der Waals surface area contributed by atoms with Crippen molar-refractivity contribution in [2.75, 3.05) is 40.8 Å². The lowest BCUT2D eigenvalue weighted by Gasteiger charge is -2.28. The summed E-state index contributed by atoms with van der Waals surface area (Å²) >= 11 is 0. The first-order valence-electron chi connectivity index (χ1n) is 7.28. The summed E-state index contributed by atoms with van der Waals surface area (Å²) in [5.74, 6) is 0. The second-order valence-electron chi connectivity index (χ2n) is 6.02. The van der Waals surface area contributed by atoms with Gasteiger partial charge >= 0.3 is 0 Å². The highest BCUT2D eigenvalue weighted by Gasteiger charge is 2.11. The fourth-order valence-electron chi connectivity index (χ4n) is 1.64. The van der Waals surface area contributed by atoms with E-state index in [1.54, 1.807) is 0 Å². The second kappa shape index (κ2) is 9.89. The van der Waals surface area contributed by atoms with Gasteiger partial charge in [-0.05, 0) is 6.42 Å². The van der Waals surface area contributed by atoms with E-state index in [4.69, 9.17) is 4.52 Å². The van der Waals surface area contributed by atoms with Crippen molar-refractivity contribution in [2.24, 2.45) is 0 Å². The fraction of sp³-hybridized carbons (Fsp3) is 1.00. The van der Waals surface area contributed by atoms with Crippen LogP contribution in [0.15, 0.2) is 0 Å². The summed E-state index contributed by atoms with van der Waals surface area (Å²) in [7, 11) is 2.22. The first kappa shape index (κ1) is 19.1. The predicted octanol–water partition coefficient (Wildman–Crippen LogP) is 2.13. The Hall–Kier alpha value is 0.0700. The summed E-state index contributed by atoms with van der Waals surface area (Å²) in [6.07, 6.45) is 6.73. The molecule has 0 aliphatic heterocycles. The van der Waals surface area contributed by atoms with Gasteiger partial charge in [-0.3, -0.25) is 9.65 Å². The molecule has 0 aromatic carbocycles. The maximum absolute atomic E-state index is 11.5. The Morgan fingerprint density at radius 3 is 2.26 bits per heavy atom. The van der Waals surface area contributed by atoms with Crippen LogP contribution in [0, 0.1) is 0 Å². The maximum Gasteiger partial charge on any atom is 0.204 e. The van der Waals surface area contributed by atoms with E-state index in [0.29, 0.717) is 13.2 Å². The molecule has 116 valence electrons. The molecule has 1 atom stereocenters. The van der Waals surface area contributed by atoms with Crippen LogP contribution in [0.4, 0.5) is 0 Å². The summed E-state index contributed by atoms with van der Waals surface area (Å²) in [5.41, 5.74) is 0. The Kier molecular flexibility index (Phi) is 9.93. The van der Waals surface area contributed by atoms with Crippen LogP contribution in [0.25, 0.3) is 0 Å². The number of hydrogen-bond donors (Lipinski definition) is 1. The average Bonchev–Trinajstić information content (AvgIpc) is 2.25. The van der Waals surface area contributed by atoms with Gasteiger partial charge in [-0.25, -0.2) is 0 Å². The standard InChI is InChI=1S/C13H31N2O3P/c1-5-6-7-8-9-10-13-18-19(16,17)14-11-12-15(2,3)4/h5-13H2,1-4H3,(H-,14,16,17). The van der Waals surface area contributed by atoms with Crippen LogP contribution >= 0.6 is 7.75 Å². The predicted molar refractivity (Wildman–Crippen MR) is 77.8 cm³/mol. The van der Waals surface area contributed by atoms with Crippen molar-refractivity contribution in [3.8, 4) is 0 Å². The zero-order valence-corrected chi connectivity index (χ0v) is 13.9. The first-order chi connectivity index (χ1) is 8.77. The highest BCUT2D eigenvalue weighted by atomic mass is 31.2. The van der Waals surface area contributed by atoms with E-state index in [1.165, 1.54) is 19.3 Å². The Morgan fingerprint density at radius 1 is 1.11 bits per heavy atom. The molecular formula is C13H31N2O3P. The zero-order chi connectivity index (χ0) is 14.8. The highest BCUT2D eigenvalue weighted by molar-refractivity contribution is 7.49. The molecule has 0 aliphatic carbocycles. The van der Waals surface area contributed by atoms with Crippen molar-refractivity contribution in [1.82, 2.24) is 5.09 Å². The summed E-state index contributed by atoms with van der Waals surface area (Å²) in [4.78, 5) is 11.5.